The van der Waals surface area contributed by atoms with E-state index in [1.54, 1.807) is 13.0 Å². The number of benzene rings is 3. The molecule has 0 aromatic heterocycles. The van der Waals surface area contributed by atoms with Gasteiger partial charge in [0, 0.05) is 11.1 Å². The maximum absolute atomic E-state index is 15.3. The first-order chi connectivity index (χ1) is 22.6. The highest BCUT2D eigenvalue weighted by Gasteiger charge is 2.34. The first kappa shape index (κ1) is 34.6. The Labute approximate surface area is 271 Å². The van der Waals surface area contributed by atoms with E-state index in [1.165, 1.54) is 24.3 Å². The maximum Gasteiger partial charge on any atom is 0.309 e. The van der Waals surface area contributed by atoms with Crippen molar-refractivity contribution in [2.75, 3.05) is 13.2 Å². The second-order valence-corrected chi connectivity index (χ2v) is 12.4. The molecular weight excluding hydrogens is 622 g/mol. The van der Waals surface area contributed by atoms with Gasteiger partial charge in [0.2, 0.25) is 11.6 Å². The van der Waals surface area contributed by atoms with E-state index in [0.717, 1.165) is 18.9 Å². The van der Waals surface area contributed by atoms with Crippen LogP contribution in [0.5, 0.6) is 11.5 Å². The van der Waals surface area contributed by atoms with Crippen LogP contribution in [-0.2, 0) is 9.53 Å². The summed E-state index contributed by atoms with van der Waals surface area (Å²) in [5.74, 6) is -8.49. The van der Waals surface area contributed by atoms with Crippen LogP contribution in [0.25, 0.3) is 11.1 Å². The third-order valence-corrected chi connectivity index (χ3v) is 9.48. The van der Waals surface area contributed by atoms with Crippen molar-refractivity contribution in [1.82, 2.24) is 0 Å². The second kappa shape index (κ2) is 15.5. The highest BCUT2D eigenvalue weighted by molar-refractivity contribution is 5.73. The molecule has 0 radical (unpaired) electrons. The van der Waals surface area contributed by atoms with Gasteiger partial charge in [0.25, 0.3) is 0 Å². The number of rotatable bonds is 11. The van der Waals surface area contributed by atoms with Crippen molar-refractivity contribution in [1.29, 1.82) is 0 Å². The Morgan fingerprint density at radius 2 is 1.11 bits per heavy atom. The fourth-order valence-corrected chi connectivity index (χ4v) is 6.79. The Hall–Kier alpha value is -3.69. The van der Waals surface area contributed by atoms with Gasteiger partial charge in [-0.25, -0.2) is 17.6 Å². The van der Waals surface area contributed by atoms with Gasteiger partial charge in [0.15, 0.2) is 34.8 Å². The van der Waals surface area contributed by atoms with Crippen molar-refractivity contribution in [3.63, 3.8) is 0 Å². The Morgan fingerprint density at radius 1 is 0.617 bits per heavy atom. The maximum atomic E-state index is 15.3. The molecule has 0 bridgehead atoms. The lowest BCUT2D eigenvalue weighted by Crippen LogP contribution is -2.30. The molecule has 2 aliphatic carbocycles. The molecule has 0 amide bonds. The Balaban J connectivity index is 1.13. The van der Waals surface area contributed by atoms with Gasteiger partial charge in [-0.15, -0.1) is 0 Å². The van der Waals surface area contributed by atoms with Crippen molar-refractivity contribution in [2.24, 2.45) is 5.92 Å². The monoisotopic (exact) mass is 662 g/mol. The van der Waals surface area contributed by atoms with Gasteiger partial charge in [-0.2, -0.15) is 8.78 Å². The summed E-state index contributed by atoms with van der Waals surface area (Å²) in [6.07, 6.45) is 5.16. The van der Waals surface area contributed by atoms with Crippen LogP contribution in [0.3, 0.4) is 0 Å². The fraction of sp³-hybridized carbons (Fsp3) is 0.486. The van der Waals surface area contributed by atoms with Crippen molar-refractivity contribution in [3.8, 4) is 22.6 Å². The highest BCUT2D eigenvalue weighted by Crippen LogP contribution is 2.42. The molecule has 2 fully saturated rings. The van der Waals surface area contributed by atoms with Gasteiger partial charge in [-0.1, -0.05) is 31.5 Å². The molecule has 10 heteroatoms. The van der Waals surface area contributed by atoms with Gasteiger partial charge in [0.05, 0.1) is 19.1 Å². The molecule has 0 N–H and O–H groups in total. The Bertz CT molecular complexity index is 1560. The zero-order chi connectivity index (χ0) is 33.7. The fourth-order valence-electron chi connectivity index (χ4n) is 6.79. The molecule has 3 aromatic carbocycles. The minimum Gasteiger partial charge on any atom is -0.491 e. The lowest BCUT2D eigenvalue weighted by atomic mass is 9.78. The van der Waals surface area contributed by atoms with Gasteiger partial charge in [-0.3, -0.25) is 4.79 Å². The second-order valence-electron chi connectivity index (χ2n) is 12.4. The van der Waals surface area contributed by atoms with Gasteiger partial charge in [0.1, 0.15) is 6.10 Å². The van der Waals surface area contributed by atoms with E-state index < -0.39 is 40.5 Å². The molecule has 3 aromatic rings. The standard InChI is InChI=1S/C37H40F6O4/c1-3-5-20-46-30-18-16-26(32(39)36(30)43)22-10-12-24(13-11-22)47-37(44)23-8-6-21(7-9-23)25-14-15-27(33(40)31(25)38)28-17-19-29(45-4-2)35(42)34(28)41/h14-19,21-24H,3-13,20H2,1-2H3. The molecule has 2 aliphatic rings. The van der Waals surface area contributed by atoms with Crippen molar-refractivity contribution < 1.29 is 45.3 Å². The number of carbonyl (C=O) groups is 1. The summed E-state index contributed by atoms with van der Waals surface area (Å²) in [4.78, 5) is 13.0. The van der Waals surface area contributed by atoms with E-state index in [9.17, 15) is 22.4 Å². The predicted molar refractivity (Wildman–Crippen MR) is 165 cm³/mol. The van der Waals surface area contributed by atoms with Crippen LogP contribution in [0.15, 0.2) is 36.4 Å². The minimum absolute atomic E-state index is 0.0853. The van der Waals surface area contributed by atoms with E-state index in [2.05, 4.69) is 0 Å². The van der Waals surface area contributed by atoms with Crippen molar-refractivity contribution in [3.05, 3.63) is 82.4 Å². The number of ether oxygens (including phenoxy) is 3. The van der Waals surface area contributed by atoms with Crippen LogP contribution < -0.4 is 9.47 Å². The van der Waals surface area contributed by atoms with Crippen molar-refractivity contribution in [2.45, 2.75) is 96.0 Å². The summed E-state index contributed by atoms with van der Waals surface area (Å²) in [6, 6.07) is 8.03. The van der Waals surface area contributed by atoms with Gasteiger partial charge < -0.3 is 14.2 Å². The van der Waals surface area contributed by atoms with E-state index in [4.69, 9.17) is 14.2 Å². The first-order valence-corrected chi connectivity index (χ1v) is 16.5. The zero-order valence-corrected chi connectivity index (χ0v) is 26.7. The van der Waals surface area contributed by atoms with Crippen LogP contribution in [0.4, 0.5) is 26.3 Å². The smallest absolute Gasteiger partial charge is 0.309 e. The first-order valence-electron chi connectivity index (χ1n) is 16.5. The number of hydrogen-bond donors (Lipinski definition) is 0. The molecule has 2 saturated carbocycles. The van der Waals surface area contributed by atoms with E-state index in [1.807, 2.05) is 6.92 Å². The number of carbonyl (C=O) groups excluding carboxylic acids is 1. The lowest BCUT2D eigenvalue weighted by molar-refractivity contribution is -0.157. The minimum atomic E-state index is -1.32. The molecule has 0 heterocycles. The van der Waals surface area contributed by atoms with E-state index >= 15 is 8.78 Å². The summed E-state index contributed by atoms with van der Waals surface area (Å²) in [6.45, 7) is 4.04. The quantitative estimate of drug-likeness (QED) is 0.116. The Kier molecular flexibility index (Phi) is 11.4. The van der Waals surface area contributed by atoms with Crippen LogP contribution in [0, 0.1) is 40.8 Å². The summed E-state index contributed by atoms with van der Waals surface area (Å²) in [5, 5.41) is 0. The molecule has 4 nitrogen and oxygen atoms in total. The highest BCUT2D eigenvalue weighted by atomic mass is 19.2. The largest absolute Gasteiger partial charge is 0.491 e. The predicted octanol–water partition coefficient (Wildman–Crippen LogP) is 10.3. The summed E-state index contributed by atoms with van der Waals surface area (Å²) < 4.78 is 105. The average molecular weight is 663 g/mol. The van der Waals surface area contributed by atoms with Crippen LogP contribution in [0.2, 0.25) is 0 Å². The Morgan fingerprint density at radius 3 is 1.72 bits per heavy atom. The molecule has 0 unspecified atom stereocenters. The van der Waals surface area contributed by atoms with Gasteiger partial charge >= 0.3 is 5.97 Å². The topological polar surface area (TPSA) is 44.8 Å². The molecule has 0 saturated heterocycles. The molecule has 0 atom stereocenters. The SMILES string of the molecule is CCCCOc1ccc(C2CCC(OC(=O)C3CCC(c4ccc(-c5ccc(OCC)c(F)c5F)c(F)c4F)CC3)CC2)c(F)c1F. The van der Waals surface area contributed by atoms with E-state index in [-0.39, 0.29) is 59.1 Å². The molecule has 0 aliphatic heterocycles. The molecule has 0 spiro atoms. The lowest BCUT2D eigenvalue weighted by Gasteiger charge is -2.32. The van der Waals surface area contributed by atoms with Crippen LogP contribution in [0.1, 0.15) is 101 Å². The molecular formula is C37H40F6O4. The van der Waals surface area contributed by atoms with Gasteiger partial charge in [-0.05, 0) is 106 Å². The zero-order valence-electron chi connectivity index (χ0n) is 26.7. The summed E-state index contributed by atoms with van der Waals surface area (Å²) in [5.41, 5.74) is -0.356. The van der Waals surface area contributed by atoms with Crippen LogP contribution >= 0.6 is 0 Å². The molecule has 47 heavy (non-hydrogen) atoms. The number of hydrogen-bond acceptors (Lipinski definition) is 4. The molecule has 254 valence electrons. The summed E-state index contributed by atoms with van der Waals surface area (Å²) >= 11 is 0. The van der Waals surface area contributed by atoms with Crippen molar-refractivity contribution >= 4 is 5.97 Å². The number of halogens is 6. The van der Waals surface area contributed by atoms with E-state index in [0.29, 0.717) is 63.5 Å². The third kappa shape index (κ3) is 7.57. The third-order valence-electron chi connectivity index (χ3n) is 9.48. The van der Waals surface area contributed by atoms with Crippen LogP contribution in [-0.4, -0.2) is 25.3 Å². The molecule has 5 rings (SSSR count). The number of unbranched alkanes of at least 4 members (excludes halogenated alkanes) is 1. The summed E-state index contributed by atoms with van der Waals surface area (Å²) in [7, 11) is 0. The normalized spacial score (nSPS) is 21.4. The average Bonchev–Trinajstić information content (AvgIpc) is 3.07. The number of esters is 1.